The summed E-state index contributed by atoms with van der Waals surface area (Å²) in [6, 6.07) is 0.908. The molecule has 2 heteroatoms. The fraction of sp³-hybridized carbons (Fsp3) is 1.00. The number of hydrogen-bond donors (Lipinski definition) is 1. The van der Waals surface area contributed by atoms with Crippen LogP contribution in [0.15, 0.2) is 0 Å². The van der Waals surface area contributed by atoms with E-state index >= 15 is 0 Å². The Hall–Kier alpha value is -0.0800. The van der Waals surface area contributed by atoms with Crippen molar-refractivity contribution in [2.45, 2.75) is 63.5 Å². The SMILES string of the molecule is C[C@@H]1CC2C[C@@]3(CCCCN3)[C@@H]3C[C@H]2[C@H](C1)N(C)C3. The topological polar surface area (TPSA) is 15.3 Å². The van der Waals surface area contributed by atoms with Crippen molar-refractivity contribution >= 4 is 0 Å². The number of likely N-dealkylation sites (tertiary alicyclic amines) is 1. The zero-order chi connectivity index (χ0) is 13.0. The molecule has 2 aliphatic heterocycles. The first-order valence-electron chi connectivity index (χ1n) is 8.63. The minimum absolute atomic E-state index is 0.524. The summed E-state index contributed by atoms with van der Waals surface area (Å²) >= 11 is 0. The molecular formula is C17H30N2. The van der Waals surface area contributed by atoms with Crippen LogP contribution in [0, 0.1) is 23.7 Å². The van der Waals surface area contributed by atoms with Crippen LogP contribution in [0.4, 0.5) is 0 Å². The number of fused-ring (bicyclic) bond motifs is 2. The Morgan fingerprint density at radius 1 is 1.16 bits per heavy atom. The highest BCUT2D eigenvalue weighted by atomic mass is 15.2. The van der Waals surface area contributed by atoms with Gasteiger partial charge in [0.2, 0.25) is 0 Å². The lowest BCUT2D eigenvalue weighted by molar-refractivity contribution is -0.0889. The summed E-state index contributed by atoms with van der Waals surface area (Å²) in [5.74, 6) is 3.92. The lowest BCUT2D eigenvalue weighted by Gasteiger charge is -2.61. The molecule has 0 radical (unpaired) electrons. The smallest absolute Gasteiger partial charge is 0.0224 e. The zero-order valence-corrected chi connectivity index (χ0v) is 12.7. The van der Waals surface area contributed by atoms with Crippen LogP contribution in [-0.2, 0) is 0 Å². The van der Waals surface area contributed by atoms with Gasteiger partial charge in [0, 0.05) is 18.1 Å². The molecule has 6 atom stereocenters. The maximum absolute atomic E-state index is 4.00. The molecule has 19 heavy (non-hydrogen) atoms. The van der Waals surface area contributed by atoms with Gasteiger partial charge in [-0.2, -0.15) is 0 Å². The summed E-state index contributed by atoms with van der Waals surface area (Å²) in [6.07, 6.45) is 10.3. The van der Waals surface area contributed by atoms with Crippen molar-refractivity contribution in [3.05, 3.63) is 0 Å². The first-order chi connectivity index (χ1) is 9.18. The highest BCUT2D eigenvalue weighted by Gasteiger charge is 2.54. The van der Waals surface area contributed by atoms with E-state index in [0.29, 0.717) is 5.54 Å². The lowest BCUT2D eigenvalue weighted by atomic mass is 9.53. The van der Waals surface area contributed by atoms with Crippen molar-refractivity contribution in [3.63, 3.8) is 0 Å². The highest BCUT2D eigenvalue weighted by Crippen LogP contribution is 2.54. The van der Waals surface area contributed by atoms with Crippen LogP contribution >= 0.6 is 0 Å². The van der Waals surface area contributed by atoms with E-state index in [1.807, 2.05) is 0 Å². The van der Waals surface area contributed by atoms with Crippen molar-refractivity contribution in [1.82, 2.24) is 10.2 Å². The third-order valence-corrected chi connectivity index (χ3v) is 7.01. The average molecular weight is 262 g/mol. The number of rotatable bonds is 0. The second-order valence-corrected chi connectivity index (χ2v) is 8.18. The van der Waals surface area contributed by atoms with Gasteiger partial charge in [-0.1, -0.05) is 13.3 Å². The molecule has 2 saturated carbocycles. The van der Waals surface area contributed by atoms with Crippen molar-refractivity contribution in [3.8, 4) is 0 Å². The number of nitrogens with one attached hydrogen (secondary N) is 1. The fourth-order valence-corrected chi connectivity index (χ4v) is 6.21. The number of piperidine rings is 2. The van der Waals surface area contributed by atoms with Crippen molar-refractivity contribution < 1.29 is 0 Å². The molecule has 4 fully saturated rings. The molecular weight excluding hydrogens is 232 g/mol. The molecule has 0 amide bonds. The number of hydrogen-bond acceptors (Lipinski definition) is 2. The summed E-state index contributed by atoms with van der Waals surface area (Å²) in [4.78, 5) is 2.73. The molecule has 2 aliphatic carbocycles. The van der Waals surface area contributed by atoms with E-state index in [9.17, 15) is 0 Å². The van der Waals surface area contributed by atoms with Gasteiger partial charge in [-0.15, -0.1) is 0 Å². The van der Waals surface area contributed by atoms with Gasteiger partial charge in [0.1, 0.15) is 0 Å². The minimum atomic E-state index is 0.524. The second kappa shape index (κ2) is 4.46. The Labute approximate surface area is 118 Å². The lowest BCUT2D eigenvalue weighted by Crippen LogP contribution is -2.67. The molecule has 1 unspecified atom stereocenters. The van der Waals surface area contributed by atoms with E-state index in [0.717, 1.165) is 29.7 Å². The minimum Gasteiger partial charge on any atom is -0.311 e. The van der Waals surface area contributed by atoms with Crippen molar-refractivity contribution in [2.75, 3.05) is 20.1 Å². The Kier molecular flexibility index (Phi) is 2.97. The fourth-order valence-electron chi connectivity index (χ4n) is 6.21. The molecule has 0 aromatic carbocycles. The summed E-state index contributed by atoms with van der Waals surface area (Å²) in [6.45, 7) is 5.12. The quantitative estimate of drug-likeness (QED) is 0.722. The first-order valence-corrected chi connectivity index (χ1v) is 8.63. The standard InChI is InChI=1S/C17H30N2/c1-12-7-13-10-17(5-3-4-6-18-17)14-9-15(13)16(8-12)19(2)11-14/h12-16,18H,3-11H2,1-2H3/t12-,13?,14-,15-,16+,17+/m1/s1. The van der Waals surface area contributed by atoms with Crippen LogP contribution in [0.1, 0.15) is 51.9 Å². The molecule has 108 valence electrons. The van der Waals surface area contributed by atoms with Gasteiger partial charge in [-0.3, -0.25) is 0 Å². The van der Waals surface area contributed by atoms with E-state index < -0.39 is 0 Å². The third kappa shape index (κ3) is 1.90. The van der Waals surface area contributed by atoms with Crippen LogP contribution in [0.2, 0.25) is 0 Å². The maximum atomic E-state index is 4.00. The van der Waals surface area contributed by atoms with E-state index in [1.54, 1.807) is 0 Å². The summed E-state index contributed by atoms with van der Waals surface area (Å²) in [5, 5.41) is 4.00. The van der Waals surface area contributed by atoms with Gasteiger partial charge in [0.25, 0.3) is 0 Å². The molecule has 1 N–H and O–H groups in total. The van der Waals surface area contributed by atoms with E-state index in [-0.39, 0.29) is 0 Å². The van der Waals surface area contributed by atoms with Gasteiger partial charge < -0.3 is 10.2 Å². The Balaban J connectivity index is 1.65. The average Bonchev–Trinajstić information content (AvgIpc) is 2.40. The normalized spacial score (nSPS) is 54.3. The van der Waals surface area contributed by atoms with Gasteiger partial charge in [-0.05, 0) is 75.8 Å². The highest BCUT2D eigenvalue weighted by molar-refractivity contribution is 5.10. The molecule has 0 aromatic heterocycles. The largest absolute Gasteiger partial charge is 0.311 e. The molecule has 2 bridgehead atoms. The van der Waals surface area contributed by atoms with Crippen molar-refractivity contribution in [2.24, 2.45) is 23.7 Å². The van der Waals surface area contributed by atoms with Gasteiger partial charge in [-0.25, -0.2) is 0 Å². The number of nitrogens with zero attached hydrogens (tertiary/aromatic N) is 1. The summed E-state index contributed by atoms with van der Waals surface area (Å²) in [7, 11) is 2.40. The molecule has 2 nitrogen and oxygen atoms in total. The van der Waals surface area contributed by atoms with Crippen LogP contribution in [-0.4, -0.2) is 36.6 Å². The van der Waals surface area contributed by atoms with Crippen LogP contribution in [0.25, 0.3) is 0 Å². The Morgan fingerprint density at radius 2 is 2.05 bits per heavy atom. The third-order valence-electron chi connectivity index (χ3n) is 7.01. The van der Waals surface area contributed by atoms with E-state index in [2.05, 4.69) is 24.2 Å². The summed E-state index contributed by atoms with van der Waals surface area (Å²) < 4.78 is 0. The van der Waals surface area contributed by atoms with Crippen LogP contribution < -0.4 is 5.32 Å². The van der Waals surface area contributed by atoms with Crippen LogP contribution in [0.3, 0.4) is 0 Å². The molecule has 4 rings (SSSR count). The first kappa shape index (κ1) is 12.6. The Morgan fingerprint density at radius 3 is 2.84 bits per heavy atom. The predicted octanol–water partition coefficient (Wildman–Crippen LogP) is 2.89. The van der Waals surface area contributed by atoms with Gasteiger partial charge in [0.05, 0.1) is 0 Å². The summed E-state index contributed by atoms with van der Waals surface area (Å²) in [5.41, 5.74) is 0.524. The van der Waals surface area contributed by atoms with E-state index in [1.165, 1.54) is 58.0 Å². The van der Waals surface area contributed by atoms with Gasteiger partial charge >= 0.3 is 0 Å². The van der Waals surface area contributed by atoms with Gasteiger partial charge in [0.15, 0.2) is 0 Å². The van der Waals surface area contributed by atoms with Crippen molar-refractivity contribution in [1.29, 1.82) is 0 Å². The van der Waals surface area contributed by atoms with Crippen LogP contribution in [0.5, 0.6) is 0 Å². The maximum Gasteiger partial charge on any atom is 0.0224 e. The molecule has 4 aliphatic rings. The Bertz CT molecular complexity index is 347. The molecule has 1 spiro atoms. The second-order valence-electron chi connectivity index (χ2n) is 8.18. The zero-order valence-electron chi connectivity index (χ0n) is 12.7. The molecule has 2 heterocycles. The monoisotopic (exact) mass is 262 g/mol. The predicted molar refractivity (Wildman–Crippen MR) is 79.1 cm³/mol. The van der Waals surface area contributed by atoms with E-state index in [4.69, 9.17) is 0 Å². The molecule has 0 aromatic rings. The molecule has 2 saturated heterocycles.